The van der Waals surface area contributed by atoms with Gasteiger partial charge in [0.15, 0.2) is 0 Å². The van der Waals surface area contributed by atoms with Crippen LogP contribution in [-0.4, -0.2) is 18.0 Å². The van der Waals surface area contributed by atoms with Crippen LogP contribution < -0.4 is 21.3 Å². The molecule has 21 heavy (non-hydrogen) atoms. The number of amides is 1. The van der Waals surface area contributed by atoms with Crippen LogP contribution in [-0.2, 0) is 6.54 Å². The number of benzene rings is 1. The van der Waals surface area contributed by atoms with E-state index in [-0.39, 0.29) is 5.91 Å². The number of carbonyl (C=O) groups excluding carboxylic acids is 1. The maximum Gasteiger partial charge on any atom is 0.253 e. The van der Waals surface area contributed by atoms with Gasteiger partial charge in [0.2, 0.25) is 5.88 Å². The minimum Gasteiger partial charge on any atom is -0.481 e. The summed E-state index contributed by atoms with van der Waals surface area (Å²) in [5, 5.41) is 2.84. The molecule has 2 aromatic rings. The number of hydrogen-bond donors (Lipinski definition) is 3. The van der Waals surface area contributed by atoms with Gasteiger partial charge in [-0.15, -0.1) is 0 Å². The van der Waals surface area contributed by atoms with E-state index in [0.717, 1.165) is 11.1 Å². The fraction of sp³-hybridized carbons (Fsp3) is 0.200. The number of pyridine rings is 1. The molecule has 0 fully saturated rings. The van der Waals surface area contributed by atoms with Crippen LogP contribution in [0.4, 0.5) is 5.69 Å². The Kier molecular flexibility index (Phi) is 4.73. The van der Waals surface area contributed by atoms with Crippen LogP contribution in [0.15, 0.2) is 36.5 Å². The van der Waals surface area contributed by atoms with Crippen molar-refractivity contribution in [3.63, 3.8) is 0 Å². The number of nitrogens with zero attached hydrogens (tertiary/aromatic N) is 1. The minimum absolute atomic E-state index is 0.196. The molecule has 1 aromatic carbocycles. The quantitative estimate of drug-likeness (QED) is 0.574. The molecule has 6 heteroatoms. The van der Waals surface area contributed by atoms with E-state index in [0.29, 0.717) is 23.7 Å². The molecule has 4 N–H and O–H groups in total. The monoisotopic (exact) mass is 286 g/mol. The van der Waals surface area contributed by atoms with Crippen LogP contribution in [0.3, 0.4) is 0 Å². The first-order valence-corrected chi connectivity index (χ1v) is 6.48. The van der Waals surface area contributed by atoms with E-state index in [1.54, 1.807) is 25.4 Å². The predicted octanol–water partition coefficient (Wildman–Crippen LogP) is 1.61. The fourth-order valence-corrected chi connectivity index (χ4v) is 1.93. The number of rotatable bonds is 5. The van der Waals surface area contributed by atoms with Crippen LogP contribution in [0.1, 0.15) is 21.5 Å². The SMILES string of the molecule is COc1cc(CNC(=O)c2ccc(C)cc2NN)ccn1. The molecule has 110 valence electrons. The van der Waals surface area contributed by atoms with Gasteiger partial charge < -0.3 is 15.5 Å². The Morgan fingerprint density at radius 3 is 2.86 bits per heavy atom. The Balaban J connectivity index is 2.08. The Bertz CT molecular complexity index is 643. The number of ether oxygens (including phenoxy) is 1. The lowest BCUT2D eigenvalue weighted by atomic mass is 10.1. The zero-order chi connectivity index (χ0) is 15.2. The van der Waals surface area contributed by atoms with Gasteiger partial charge >= 0.3 is 0 Å². The van der Waals surface area contributed by atoms with Crippen molar-refractivity contribution in [2.24, 2.45) is 5.84 Å². The summed E-state index contributed by atoms with van der Waals surface area (Å²) in [6.07, 6.45) is 1.64. The standard InChI is InChI=1S/C15H18N4O2/c1-10-3-4-12(13(7-10)19-16)15(20)18-9-11-5-6-17-14(8-11)21-2/h3-8,19H,9,16H2,1-2H3,(H,18,20). The summed E-state index contributed by atoms with van der Waals surface area (Å²) in [5.41, 5.74) is 5.58. The molecule has 6 nitrogen and oxygen atoms in total. The van der Waals surface area contributed by atoms with Gasteiger partial charge in [-0.1, -0.05) is 6.07 Å². The zero-order valence-electron chi connectivity index (χ0n) is 12.0. The third-order valence-corrected chi connectivity index (χ3v) is 3.04. The zero-order valence-corrected chi connectivity index (χ0v) is 12.0. The molecule has 0 unspecified atom stereocenters. The number of aromatic nitrogens is 1. The largest absolute Gasteiger partial charge is 0.481 e. The second-order valence-electron chi connectivity index (χ2n) is 4.58. The van der Waals surface area contributed by atoms with Crippen molar-refractivity contribution in [1.29, 1.82) is 0 Å². The first kappa shape index (κ1) is 14.8. The summed E-state index contributed by atoms with van der Waals surface area (Å²) in [7, 11) is 1.55. The first-order valence-electron chi connectivity index (χ1n) is 6.48. The molecular formula is C15H18N4O2. The number of nitrogen functional groups attached to an aromatic ring is 1. The molecule has 0 aliphatic carbocycles. The van der Waals surface area contributed by atoms with Crippen LogP contribution >= 0.6 is 0 Å². The van der Waals surface area contributed by atoms with Gasteiger partial charge in [-0.05, 0) is 36.2 Å². The van der Waals surface area contributed by atoms with Crippen molar-refractivity contribution in [1.82, 2.24) is 10.3 Å². The minimum atomic E-state index is -0.196. The normalized spacial score (nSPS) is 10.0. The van der Waals surface area contributed by atoms with Crippen molar-refractivity contribution in [2.45, 2.75) is 13.5 Å². The van der Waals surface area contributed by atoms with Gasteiger partial charge in [0.25, 0.3) is 5.91 Å². The van der Waals surface area contributed by atoms with E-state index in [1.165, 1.54) is 0 Å². The molecule has 0 atom stereocenters. The maximum absolute atomic E-state index is 12.2. The lowest BCUT2D eigenvalue weighted by Gasteiger charge is -2.11. The second-order valence-corrected chi connectivity index (χ2v) is 4.58. The number of aryl methyl sites for hydroxylation is 1. The number of anilines is 1. The molecule has 0 aliphatic rings. The summed E-state index contributed by atoms with van der Waals surface area (Å²) in [6.45, 7) is 2.32. The van der Waals surface area contributed by atoms with Crippen LogP contribution in [0.2, 0.25) is 0 Å². The number of hydrazine groups is 1. The molecule has 0 spiro atoms. The molecule has 0 radical (unpaired) electrons. The van der Waals surface area contributed by atoms with Crippen LogP contribution in [0.25, 0.3) is 0 Å². The molecule has 0 bridgehead atoms. The molecule has 0 aliphatic heterocycles. The van der Waals surface area contributed by atoms with E-state index < -0.39 is 0 Å². The highest BCUT2D eigenvalue weighted by atomic mass is 16.5. The molecule has 2 rings (SSSR count). The maximum atomic E-state index is 12.2. The van der Waals surface area contributed by atoms with Crippen molar-refractivity contribution in [3.8, 4) is 5.88 Å². The average molecular weight is 286 g/mol. The average Bonchev–Trinajstić information content (AvgIpc) is 2.52. The third-order valence-electron chi connectivity index (χ3n) is 3.04. The Labute approximate surface area is 123 Å². The summed E-state index contributed by atoms with van der Waals surface area (Å²) in [6, 6.07) is 9.03. The highest BCUT2D eigenvalue weighted by Gasteiger charge is 2.10. The number of nitrogens with two attached hydrogens (primary N) is 1. The Morgan fingerprint density at radius 1 is 1.33 bits per heavy atom. The molecule has 1 aromatic heterocycles. The van der Waals surface area contributed by atoms with E-state index >= 15 is 0 Å². The number of methoxy groups -OCH3 is 1. The summed E-state index contributed by atoms with van der Waals surface area (Å²) >= 11 is 0. The third kappa shape index (κ3) is 3.70. The van der Waals surface area contributed by atoms with Crippen molar-refractivity contribution in [3.05, 3.63) is 53.2 Å². The van der Waals surface area contributed by atoms with E-state index in [2.05, 4.69) is 15.7 Å². The second kappa shape index (κ2) is 6.71. The van der Waals surface area contributed by atoms with Gasteiger partial charge in [0.1, 0.15) is 0 Å². The lowest BCUT2D eigenvalue weighted by molar-refractivity contribution is 0.0951. The highest BCUT2D eigenvalue weighted by molar-refractivity contribution is 5.99. The van der Waals surface area contributed by atoms with E-state index in [1.807, 2.05) is 25.1 Å². The smallest absolute Gasteiger partial charge is 0.253 e. The predicted molar refractivity (Wildman–Crippen MR) is 80.9 cm³/mol. The van der Waals surface area contributed by atoms with Gasteiger partial charge in [-0.2, -0.15) is 0 Å². The van der Waals surface area contributed by atoms with Gasteiger partial charge in [-0.3, -0.25) is 10.6 Å². The molecular weight excluding hydrogens is 268 g/mol. The molecule has 0 saturated heterocycles. The summed E-state index contributed by atoms with van der Waals surface area (Å²) in [5.74, 6) is 5.77. The summed E-state index contributed by atoms with van der Waals surface area (Å²) < 4.78 is 5.05. The first-order chi connectivity index (χ1) is 10.1. The van der Waals surface area contributed by atoms with Crippen molar-refractivity contribution in [2.75, 3.05) is 12.5 Å². The highest BCUT2D eigenvalue weighted by Crippen LogP contribution is 2.16. The number of hydrogen-bond acceptors (Lipinski definition) is 5. The Morgan fingerprint density at radius 2 is 2.14 bits per heavy atom. The fourth-order valence-electron chi connectivity index (χ4n) is 1.93. The summed E-state index contributed by atoms with van der Waals surface area (Å²) in [4.78, 5) is 16.2. The number of carbonyl (C=O) groups is 1. The Hall–Kier alpha value is -2.60. The van der Waals surface area contributed by atoms with Crippen LogP contribution in [0, 0.1) is 6.92 Å². The lowest BCUT2D eigenvalue weighted by Crippen LogP contribution is -2.24. The van der Waals surface area contributed by atoms with Crippen molar-refractivity contribution < 1.29 is 9.53 Å². The topological polar surface area (TPSA) is 89.3 Å². The van der Waals surface area contributed by atoms with E-state index in [9.17, 15) is 4.79 Å². The van der Waals surface area contributed by atoms with Gasteiger partial charge in [0, 0.05) is 18.8 Å². The van der Waals surface area contributed by atoms with Crippen molar-refractivity contribution >= 4 is 11.6 Å². The van der Waals surface area contributed by atoms with Crippen LogP contribution in [0.5, 0.6) is 5.88 Å². The van der Waals surface area contributed by atoms with Gasteiger partial charge in [0.05, 0.1) is 18.4 Å². The molecule has 0 saturated carbocycles. The van der Waals surface area contributed by atoms with Gasteiger partial charge in [-0.25, -0.2) is 4.98 Å². The molecule has 1 amide bonds. The van der Waals surface area contributed by atoms with E-state index in [4.69, 9.17) is 10.6 Å². The molecule has 1 heterocycles. The number of nitrogens with one attached hydrogen (secondary N) is 2.